The highest BCUT2D eigenvalue weighted by atomic mass is 32.2. The molecule has 19 heavy (non-hydrogen) atoms. The zero-order chi connectivity index (χ0) is 13.9. The van der Waals surface area contributed by atoms with Crippen LogP contribution in [0.15, 0.2) is 53.4 Å². The molecule has 0 atom stereocenters. The highest BCUT2D eigenvalue weighted by Crippen LogP contribution is 2.17. The maximum atomic E-state index is 13.0. The number of halogens is 1. The lowest BCUT2D eigenvalue weighted by atomic mass is 10.2. The van der Waals surface area contributed by atoms with Crippen molar-refractivity contribution in [2.45, 2.75) is 4.90 Å². The van der Waals surface area contributed by atoms with Gasteiger partial charge < -0.3 is 0 Å². The maximum Gasteiger partial charge on any atom is 0.261 e. The first-order valence-corrected chi connectivity index (χ1v) is 6.85. The predicted molar refractivity (Wildman–Crippen MR) is 71.6 cm³/mol. The molecule has 0 unspecified atom stereocenters. The summed E-state index contributed by atoms with van der Waals surface area (Å²) >= 11 is 0. The highest BCUT2D eigenvalue weighted by Gasteiger charge is 2.14. The Morgan fingerprint density at radius 2 is 1.84 bits per heavy atom. The zero-order valence-corrected chi connectivity index (χ0v) is 10.6. The van der Waals surface area contributed by atoms with Gasteiger partial charge in [-0.15, -0.1) is 6.42 Å². The van der Waals surface area contributed by atoms with Crippen LogP contribution in [0.5, 0.6) is 0 Å². The lowest BCUT2D eigenvalue weighted by Gasteiger charge is -2.08. The quantitative estimate of drug-likeness (QED) is 0.875. The Hall–Kier alpha value is -2.32. The molecule has 0 bridgehead atoms. The van der Waals surface area contributed by atoms with Crippen LogP contribution in [-0.2, 0) is 10.0 Å². The predicted octanol–water partition coefficient (Wildman–Crippen LogP) is 2.61. The van der Waals surface area contributed by atoms with E-state index in [1.165, 1.54) is 24.3 Å². The van der Waals surface area contributed by atoms with E-state index in [9.17, 15) is 12.8 Å². The second kappa shape index (κ2) is 5.12. The van der Waals surface area contributed by atoms with E-state index >= 15 is 0 Å². The van der Waals surface area contributed by atoms with Crippen LogP contribution in [0.25, 0.3) is 0 Å². The molecular formula is C14H10FNO2S. The van der Waals surface area contributed by atoms with Gasteiger partial charge in [-0.3, -0.25) is 4.72 Å². The number of hydrogen-bond acceptors (Lipinski definition) is 2. The summed E-state index contributed by atoms with van der Waals surface area (Å²) in [4.78, 5) is -0.140. The van der Waals surface area contributed by atoms with E-state index in [2.05, 4.69) is 10.6 Å². The van der Waals surface area contributed by atoms with Crippen LogP contribution >= 0.6 is 0 Å². The molecule has 0 spiro atoms. The number of hydrogen-bond donors (Lipinski definition) is 1. The minimum atomic E-state index is -3.82. The Morgan fingerprint density at radius 3 is 2.53 bits per heavy atom. The monoisotopic (exact) mass is 275 g/mol. The summed E-state index contributed by atoms with van der Waals surface area (Å²) in [7, 11) is -3.82. The van der Waals surface area contributed by atoms with E-state index in [1.54, 1.807) is 18.2 Å². The first-order chi connectivity index (χ1) is 9.01. The Morgan fingerprint density at radius 1 is 1.11 bits per heavy atom. The van der Waals surface area contributed by atoms with Gasteiger partial charge >= 0.3 is 0 Å². The van der Waals surface area contributed by atoms with Crippen molar-refractivity contribution in [2.24, 2.45) is 0 Å². The summed E-state index contributed by atoms with van der Waals surface area (Å²) in [5.74, 6) is 1.80. The maximum absolute atomic E-state index is 13.0. The van der Waals surface area contributed by atoms with Gasteiger partial charge in [0.15, 0.2) is 0 Å². The average molecular weight is 275 g/mol. The first kappa shape index (κ1) is 13.1. The third-order valence-electron chi connectivity index (χ3n) is 2.39. The minimum Gasteiger partial charge on any atom is -0.280 e. The summed E-state index contributed by atoms with van der Waals surface area (Å²) < 4.78 is 39.4. The van der Waals surface area contributed by atoms with Crippen molar-refractivity contribution in [2.75, 3.05) is 4.72 Å². The molecule has 0 heterocycles. The number of sulfonamides is 1. The molecule has 0 aliphatic carbocycles. The van der Waals surface area contributed by atoms with Crippen LogP contribution < -0.4 is 4.72 Å². The molecule has 0 saturated carbocycles. The molecule has 0 aliphatic heterocycles. The van der Waals surface area contributed by atoms with Gasteiger partial charge in [0.1, 0.15) is 5.82 Å². The number of rotatable bonds is 3. The van der Waals surface area contributed by atoms with Gasteiger partial charge in [0.2, 0.25) is 0 Å². The van der Waals surface area contributed by atoms with E-state index < -0.39 is 15.8 Å². The van der Waals surface area contributed by atoms with Crippen LogP contribution in [0.2, 0.25) is 0 Å². The summed E-state index contributed by atoms with van der Waals surface area (Å²) in [5.41, 5.74) is 0.888. The van der Waals surface area contributed by atoms with Crippen molar-refractivity contribution in [1.29, 1.82) is 0 Å². The average Bonchev–Trinajstić information content (AvgIpc) is 2.38. The number of terminal acetylenes is 1. The Labute approximate surface area is 111 Å². The van der Waals surface area contributed by atoms with Crippen molar-refractivity contribution < 1.29 is 12.8 Å². The molecule has 2 aromatic rings. The fourth-order valence-corrected chi connectivity index (χ4v) is 2.60. The van der Waals surface area contributed by atoms with Crippen molar-refractivity contribution >= 4 is 15.7 Å². The van der Waals surface area contributed by atoms with E-state index in [-0.39, 0.29) is 4.90 Å². The highest BCUT2D eigenvalue weighted by molar-refractivity contribution is 7.92. The number of nitrogens with one attached hydrogen (secondary N) is 1. The van der Waals surface area contributed by atoms with E-state index in [0.717, 1.165) is 6.07 Å². The van der Waals surface area contributed by atoms with Gasteiger partial charge in [-0.05, 0) is 36.4 Å². The molecule has 1 N–H and O–H groups in total. The van der Waals surface area contributed by atoms with Crippen LogP contribution in [0, 0.1) is 18.2 Å². The van der Waals surface area contributed by atoms with Gasteiger partial charge in [-0.25, -0.2) is 12.8 Å². The van der Waals surface area contributed by atoms with Crippen LogP contribution in [0.1, 0.15) is 5.56 Å². The SMILES string of the molecule is C#Cc1cccc(NS(=O)(=O)c2cccc(F)c2)c1. The largest absolute Gasteiger partial charge is 0.280 e. The summed E-state index contributed by atoms with van der Waals surface area (Å²) in [6.45, 7) is 0. The van der Waals surface area contributed by atoms with Gasteiger partial charge in [-0.2, -0.15) is 0 Å². The lowest BCUT2D eigenvalue weighted by Crippen LogP contribution is -2.13. The molecular weight excluding hydrogens is 265 g/mol. The van der Waals surface area contributed by atoms with Crippen molar-refractivity contribution in [3.05, 3.63) is 59.9 Å². The van der Waals surface area contributed by atoms with Crippen LogP contribution in [0.3, 0.4) is 0 Å². The second-order valence-corrected chi connectivity index (χ2v) is 5.47. The van der Waals surface area contributed by atoms with Crippen molar-refractivity contribution in [3.63, 3.8) is 0 Å². The molecule has 3 nitrogen and oxygen atoms in total. The number of benzene rings is 2. The lowest BCUT2D eigenvalue weighted by molar-refractivity contribution is 0.595. The molecule has 96 valence electrons. The van der Waals surface area contributed by atoms with Crippen LogP contribution in [0.4, 0.5) is 10.1 Å². The van der Waals surface area contributed by atoms with Crippen molar-refractivity contribution in [3.8, 4) is 12.3 Å². The standard InChI is InChI=1S/C14H10FNO2S/c1-2-11-5-3-7-13(9-11)16-19(17,18)14-8-4-6-12(15)10-14/h1,3-10,16H. The van der Waals surface area contributed by atoms with Gasteiger partial charge in [0.25, 0.3) is 10.0 Å². The fourth-order valence-electron chi connectivity index (χ4n) is 1.52. The Kier molecular flexibility index (Phi) is 3.54. The first-order valence-electron chi connectivity index (χ1n) is 5.36. The van der Waals surface area contributed by atoms with Crippen LogP contribution in [-0.4, -0.2) is 8.42 Å². The molecule has 2 rings (SSSR count). The topological polar surface area (TPSA) is 46.2 Å². The molecule has 0 radical (unpaired) electrons. The summed E-state index contributed by atoms with van der Waals surface area (Å²) in [6.07, 6.45) is 5.24. The molecule has 0 amide bonds. The van der Waals surface area contributed by atoms with Gasteiger partial charge in [0.05, 0.1) is 10.6 Å². The molecule has 0 saturated heterocycles. The fraction of sp³-hybridized carbons (Fsp3) is 0. The van der Waals surface area contributed by atoms with Gasteiger partial charge in [0, 0.05) is 5.56 Å². The molecule has 2 aromatic carbocycles. The molecule has 0 fully saturated rings. The summed E-state index contributed by atoms with van der Waals surface area (Å²) in [5, 5.41) is 0. The van der Waals surface area contributed by atoms with E-state index in [1.807, 2.05) is 0 Å². The zero-order valence-electron chi connectivity index (χ0n) is 9.80. The van der Waals surface area contributed by atoms with Crippen molar-refractivity contribution in [1.82, 2.24) is 0 Å². The smallest absolute Gasteiger partial charge is 0.261 e. The second-order valence-electron chi connectivity index (χ2n) is 3.79. The third kappa shape index (κ3) is 3.12. The number of anilines is 1. The summed E-state index contributed by atoms with van der Waals surface area (Å²) in [6, 6.07) is 11.2. The molecule has 0 aliphatic rings. The van der Waals surface area contributed by atoms with E-state index in [4.69, 9.17) is 6.42 Å². The third-order valence-corrected chi connectivity index (χ3v) is 3.77. The Balaban J connectivity index is 2.34. The normalized spacial score (nSPS) is 10.7. The minimum absolute atomic E-state index is 0.140. The van der Waals surface area contributed by atoms with E-state index in [0.29, 0.717) is 11.3 Å². The van der Waals surface area contributed by atoms with Gasteiger partial charge in [-0.1, -0.05) is 18.1 Å². The molecule has 0 aromatic heterocycles. The molecule has 5 heteroatoms. The Bertz CT molecular complexity index is 748.